The highest BCUT2D eigenvalue weighted by molar-refractivity contribution is 5.35. The lowest BCUT2D eigenvalue weighted by Gasteiger charge is -1.52. The SMILES string of the molecule is [CH2+]CN=C=N. The van der Waals surface area contributed by atoms with E-state index in [1.807, 2.05) is 6.01 Å². The lowest BCUT2D eigenvalue weighted by Crippen LogP contribution is -1.59. The molecule has 0 aromatic rings. The van der Waals surface area contributed by atoms with Gasteiger partial charge in [-0.05, 0) is 0 Å². The molecule has 0 bridgehead atoms. The van der Waals surface area contributed by atoms with E-state index in [1.165, 1.54) is 0 Å². The van der Waals surface area contributed by atoms with Crippen molar-refractivity contribution >= 4 is 6.01 Å². The lowest BCUT2D eigenvalue weighted by atomic mass is 10.8. The molecule has 0 aliphatic carbocycles. The Bertz CT molecular complexity index is 51.9. The van der Waals surface area contributed by atoms with E-state index < -0.39 is 0 Å². The molecule has 0 aromatic carbocycles. The van der Waals surface area contributed by atoms with Crippen molar-refractivity contribution in [1.82, 2.24) is 0 Å². The number of nitrogens with zero attached hydrogens (tertiary/aromatic N) is 1. The predicted octanol–water partition coefficient (Wildman–Crippen LogP) is 0.573. The zero-order valence-electron chi connectivity index (χ0n) is 2.86. The number of nitrogens with one attached hydrogen (secondary N) is 1. The summed E-state index contributed by atoms with van der Waals surface area (Å²) in [6, 6.07) is 1.83. The van der Waals surface area contributed by atoms with Gasteiger partial charge in [0, 0.05) is 0 Å². The second-order valence-electron chi connectivity index (χ2n) is 0.494. The second-order valence-corrected chi connectivity index (χ2v) is 0.494. The first-order valence-corrected chi connectivity index (χ1v) is 1.29. The first kappa shape index (κ1) is 4.25. The van der Waals surface area contributed by atoms with Crippen molar-refractivity contribution in [3.8, 4) is 0 Å². The van der Waals surface area contributed by atoms with Gasteiger partial charge >= 0.3 is 0 Å². The lowest BCUT2D eigenvalue weighted by molar-refractivity contribution is 1.25. The minimum absolute atomic E-state index is 0.420. The Labute approximate surface area is 31.0 Å². The van der Waals surface area contributed by atoms with Gasteiger partial charge in [-0.2, -0.15) is 4.99 Å². The van der Waals surface area contributed by atoms with Crippen molar-refractivity contribution in [3.63, 3.8) is 0 Å². The van der Waals surface area contributed by atoms with Gasteiger partial charge in [-0.15, -0.1) is 0 Å². The molecule has 0 unspecified atom stereocenters. The molecule has 0 aliphatic rings. The maximum absolute atomic E-state index is 6.15. The second kappa shape index (κ2) is 3.25. The fourth-order valence-electron chi connectivity index (χ4n) is 0.0559. The summed E-state index contributed by atoms with van der Waals surface area (Å²) in [6.07, 6.45) is 0. The van der Waals surface area contributed by atoms with Crippen LogP contribution in [0.5, 0.6) is 0 Å². The summed E-state index contributed by atoms with van der Waals surface area (Å²) >= 11 is 0. The van der Waals surface area contributed by atoms with Gasteiger partial charge in [0.25, 0.3) is 0 Å². The minimum Gasteiger partial charge on any atom is -0.241 e. The smallest absolute Gasteiger partial charge is 0.185 e. The Morgan fingerprint density at radius 2 is 2.60 bits per heavy atom. The van der Waals surface area contributed by atoms with E-state index in [2.05, 4.69) is 11.9 Å². The number of hydrogen-bond donors (Lipinski definition) is 1. The van der Waals surface area contributed by atoms with E-state index in [0.717, 1.165) is 0 Å². The van der Waals surface area contributed by atoms with E-state index in [0.29, 0.717) is 6.54 Å². The van der Waals surface area contributed by atoms with Crippen LogP contribution in [-0.2, 0) is 0 Å². The van der Waals surface area contributed by atoms with Crippen LogP contribution in [0.15, 0.2) is 4.99 Å². The maximum atomic E-state index is 6.15. The Hall–Kier alpha value is -0.750. The predicted molar refractivity (Wildman–Crippen MR) is 20.4 cm³/mol. The molecule has 0 rings (SSSR count). The van der Waals surface area contributed by atoms with Crippen LogP contribution in [0.4, 0.5) is 0 Å². The van der Waals surface area contributed by atoms with Crippen molar-refractivity contribution in [2.75, 3.05) is 6.54 Å². The molecule has 0 saturated heterocycles. The summed E-state index contributed by atoms with van der Waals surface area (Å²) in [5.41, 5.74) is 0. The molecule has 0 aliphatic heterocycles. The van der Waals surface area contributed by atoms with Gasteiger partial charge in [0.15, 0.2) is 6.54 Å². The third-order valence-electron chi connectivity index (χ3n) is 0.191. The van der Waals surface area contributed by atoms with Gasteiger partial charge < -0.3 is 0 Å². The van der Waals surface area contributed by atoms with Crippen LogP contribution in [0.1, 0.15) is 0 Å². The van der Waals surface area contributed by atoms with E-state index in [-0.39, 0.29) is 0 Å². The average Bonchev–Trinajstić information content (AvgIpc) is 1.41. The highest BCUT2D eigenvalue weighted by atomic mass is 14.7. The topological polar surface area (TPSA) is 36.2 Å². The quantitative estimate of drug-likeness (QED) is 0.345. The van der Waals surface area contributed by atoms with Crippen LogP contribution in [0.2, 0.25) is 0 Å². The van der Waals surface area contributed by atoms with Crippen molar-refractivity contribution in [3.05, 3.63) is 6.92 Å². The normalized spacial score (nSPS) is 5.60. The van der Waals surface area contributed by atoms with Crippen LogP contribution in [-0.4, -0.2) is 12.6 Å². The van der Waals surface area contributed by atoms with E-state index in [9.17, 15) is 0 Å². The fraction of sp³-hybridized carbons (Fsp3) is 0.333. The van der Waals surface area contributed by atoms with E-state index in [4.69, 9.17) is 5.41 Å². The third kappa shape index (κ3) is 3.25. The largest absolute Gasteiger partial charge is 0.241 e. The average molecular weight is 69.1 g/mol. The monoisotopic (exact) mass is 69.0 g/mol. The molecule has 0 radical (unpaired) electrons. The van der Waals surface area contributed by atoms with Gasteiger partial charge in [0.2, 0.25) is 0 Å². The molecule has 0 heterocycles. The summed E-state index contributed by atoms with van der Waals surface area (Å²) in [4.78, 5) is 3.28. The van der Waals surface area contributed by atoms with Crippen molar-refractivity contribution in [2.45, 2.75) is 0 Å². The number of rotatable bonds is 1. The molecular weight excluding hydrogens is 64.0 g/mol. The van der Waals surface area contributed by atoms with Gasteiger partial charge in [0.1, 0.15) is 0 Å². The summed E-state index contributed by atoms with van der Waals surface area (Å²) in [5.74, 6) is 0. The fourth-order valence-corrected chi connectivity index (χ4v) is 0.0559. The van der Waals surface area contributed by atoms with Gasteiger partial charge in [-0.1, -0.05) is 0 Å². The highest BCUT2D eigenvalue weighted by Crippen LogP contribution is 1.51. The van der Waals surface area contributed by atoms with Crippen LogP contribution in [0, 0.1) is 12.3 Å². The summed E-state index contributed by atoms with van der Waals surface area (Å²) in [6.45, 7) is 3.75. The molecule has 0 saturated carbocycles. The molecule has 26 valence electrons. The highest BCUT2D eigenvalue weighted by Gasteiger charge is 1.59. The molecule has 0 atom stereocenters. The number of aliphatic imine (C=N–C) groups is 1. The Kier molecular flexibility index (Phi) is 2.76. The zero-order chi connectivity index (χ0) is 4.12. The van der Waals surface area contributed by atoms with Crippen molar-refractivity contribution in [2.24, 2.45) is 4.99 Å². The Morgan fingerprint density at radius 1 is 2.00 bits per heavy atom. The molecule has 1 N–H and O–H groups in total. The van der Waals surface area contributed by atoms with Crippen LogP contribution in [0.25, 0.3) is 0 Å². The van der Waals surface area contributed by atoms with Crippen LogP contribution in [0.3, 0.4) is 0 Å². The standard InChI is InChI=1S/C3H5N2/c1-2-5-3-4/h4H,1-2H2/q+1. The summed E-state index contributed by atoms with van der Waals surface area (Å²) in [5, 5.41) is 6.15. The summed E-state index contributed by atoms with van der Waals surface area (Å²) < 4.78 is 0. The van der Waals surface area contributed by atoms with Crippen molar-refractivity contribution in [1.29, 1.82) is 5.41 Å². The van der Waals surface area contributed by atoms with E-state index in [1.54, 1.807) is 0 Å². The first-order chi connectivity index (χ1) is 2.41. The van der Waals surface area contributed by atoms with Crippen LogP contribution >= 0.6 is 0 Å². The Balaban J connectivity index is 2.93. The summed E-state index contributed by atoms with van der Waals surface area (Å²) in [7, 11) is 0. The maximum Gasteiger partial charge on any atom is 0.185 e. The number of hydrogen-bond acceptors (Lipinski definition) is 2. The van der Waals surface area contributed by atoms with Gasteiger partial charge in [-0.25, -0.2) is 5.41 Å². The van der Waals surface area contributed by atoms with Gasteiger partial charge in [-0.3, -0.25) is 0 Å². The third-order valence-corrected chi connectivity index (χ3v) is 0.191. The first-order valence-electron chi connectivity index (χ1n) is 1.29. The minimum atomic E-state index is 0.420. The van der Waals surface area contributed by atoms with Crippen molar-refractivity contribution < 1.29 is 0 Å². The zero-order valence-corrected chi connectivity index (χ0v) is 2.86. The molecule has 2 heteroatoms. The molecule has 0 amide bonds. The molecule has 2 nitrogen and oxygen atoms in total. The van der Waals surface area contributed by atoms with Gasteiger partial charge in [0.05, 0.1) is 12.9 Å². The van der Waals surface area contributed by atoms with E-state index >= 15 is 0 Å². The van der Waals surface area contributed by atoms with Crippen LogP contribution < -0.4 is 0 Å². The molecule has 5 heavy (non-hydrogen) atoms. The molecule has 0 aromatic heterocycles. The molecule has 0 spiro atoms. The molecule has 0 fully saturated rings. The molecular formula is C3H5N2+. The Morgan fingerprint density at radius 3 is 2.60 bits per heavy atom.